The third-order valence-corrected chi connectivity index (χ3v) is 3.12. The molecule has 3 rings (SSSR count). The Morgan fingerprint density at radius 2 is 2.11 bits per heavy atom. The second kappa shape index (κ2) is 4.38. The number of hydrogen-bond acceptors (Lipinski definition) is 8. The van der Waals surface area contributed by atoms with Gasteiger partial charge in [-0.15, -0.1) is 0 Å². The van der Waals surface area contributed by atoms with Gasteiger partial charge in [-0.05, 0) is 0 Å². The number of aromatic nitrogens is 4. The summed E-state index contributed by atoms with van der Waals surface area (Å²) in [4.78, 5) is 7.94. The number of imidazole rings is 1. The molecular formula is C10H13N5O4. The van der Waals surface area contributed by atoms with Gasteiger partial charge in [0.05, 0.1) is 12.8 Å². The lowest BCUT2D eigenvalue weighted by molar-refractivity contribution is -0.0591. The molecule has 0 aromatic heterocycles. The highest BCUT2D eigenvalue weighted by Gasteiger charge is 2.43. The third-order valence-electron chi connectivity index (χ3n) is 3.12. The van der Waals surface area contributed by atoms with Crippen molar-refractivity contribution in [3.05, 3.63) is 12.5 Å². The van der Waals surface area contributed by atoms with Crippen molar-refractivity contribution in [3.63, 3.8) is 0 Å². The minimum atomic E-state index is -1.21. The number of nitrogen functional groups attached to an aromatic ring is 1. The highest BCUT2D eigenvalue weighted by molar-refractivity contribution is 5.66. The van der Waals surface area contributed by atoms with Crippen LogP contribution in [-0.4, -0.2) is 60.0 Å². The number of rotatable bonds is 2. The Balaban J connectivity index is 1.99. The predicted molar refractivity (Wildman–Crippen MR) is 61.9 cm³/mol. The van der Waals surface area contributed by atoms with E-state index in [4.69, 9.17) is 15.6 Å². The molecule has 3 heterocycles. The quantitative estimate of drug-likeness (QED) is 0.488. The Morgan fingerprint density at radius 1 is 1.32 bits per heavy atom. The van der Waals surface area contributed by atoms with Gasteiger partial charge in [0.25, 0.3) is 0 Å². The number of nitrogens with zero attached hydrogens (tertiary/aromatic N) is 4. The Kier molecular flexibility index (Phi) is 2.82. The second-order valence-electron chi connectivity index (χ2n) is 4.33. The van der Waals surface area contributed by atoms with Crippen LogP contribution < -0.4 is 5.73 Å². The Morgan fingerprint density at radius 3 is 2.79 bits per heavy atom. The van der Waals surface area contributed by atoms with Crippen molar-refractivity contribution in [1.82, 2.24) is 19.7 Å². The number of nitrogens with two attached hydrogens (primary N) is 1. The molecule has 5 N–H and O–H groups in total. The fraction of sp³-hybridized carbons (Fsp3) is 0.500. The summed E-state index contributed by atoms with van der Waals surface area (Å²) in [6.07, 6.45) is -1.34. The minimum absolute atomic E-state index is 0.146. The number of aliphatic hydroxyl groups is 3. The van der Waals surface area contributed by atoms with Crippen LogP contribution in [0.2, 0.25) is 0 Å². The fourth-order valence-corrected chi connectivity index (χ4v) is 2.12. The van der Waals surface area contributed by atoms with Gasteiger partial charge in [0.2, 0.25) is 0 Å². The number of ether oxygens (including phenoxy) is 1. The van der Waals surface area contributed by atoms with Gasteiger partial charge in [-0.1, -0.05) is 0 Å². The van der Waals surface area contributed by atoms with E-state index in [2.05, 4.69) is 15.1 Å². The molecule has 1 saturated heterocycles. The van der Waals surface area contributed by atoms with Gasteiger partial charge >= 0.3 is 0 Å². The maximum absolute atomic E-state index is 9.90. The van der Waals surface area contributed by atoms with Gasteiger partial charge in [-0.2, -0.15) is 5.10 Å². The topological polar surface area (TPSA) is 140 Å². The van der Waals surface area contributed by atoms with Crippen LogP contribution in [0.25, 0.3) is 11.4 Å². The first-order chi connectivity index (χ1) is 9.11. The lowest BCUT2D eigenvalue weighted by Crippen LogP contribution is -2.33. The molecule has 0 aromatic rings. The highest BCUT2D eigenvalue weighted by atomic mass is 16.6. The van der Waals surface area contributed by atoms with E-state index in [0.717, 1.165) is 0 Å². The molecule has 0 unspecified atom stereocenters. The van der Waals surface area contributed by atoms with Crippen molar-refractivity contribution in [1.29, 1.82) is 0 Å². The zero-order chi connectivity index (χ0) is 13.6. The summed E-state index contributed by atoms with van der Waals surface area (Å²) in [5.74, 6) is 0.146. The average Bonchev–Trinajstić information content (AvgIpc) is 2.96. The van der Waals surface area contributed by atoms with Crippen LogP contribution in [0, 0.1) is 0 Å². The second-order valence-corrected chi connectivity index (χ2v) is 4.33. The van der Waals surface area contributed by atoms with Crippen molar-refractivity contribution in [2.75, 3.05) is 12.3 Å². The molecular weight excluding hydrogens is 254 g/mol. The monoisotopic (exact) mass is 267 g/mol. The molecule has 0 bridgehead atoms. The standard InChI is InChI=1S/C10H13N5O4/c11-9-6-4(12-3-13-6)1-15(14-9)10-8(18)7(17)5(2-16)19-10/h1,3,5,7-8,10,16-18H,2H2,(H2,11,14)/t5-,7-,8-,10-/m1/s1. The molecule has 3 aliphatic rings. The minimum Gasteiger partial charge on any atom is -0.394 e. The van der Waals surface area contributed by atoms with E-state index in [1.54, 1.807) is 0 Å². The largest absolute Gasteiger partial charge is 0.394 e. The van der Waals surface area contributed by atoms with Crippen molar-refractivity contribution in [2.45, 2.75) is 24.5 Å². The van der Waals surface area contributed by atoms with E-state index in [1.165, 1.54) is 17.2 Å². The summed E-state index contributed by atoms with van der Waals surface area (Å²) in [6.45, 7) is -0.400. The van der Waals surface area contributed by atoms with E-state index in [-0.39, 0.29) is 5.82 Å². The molecule has 1 fully saturated rings. The molecule has 3 aliphatic heterocycles. The van der Waals surface area contributed by atoms with Crippen LogP contribution in [0.15, 0.2) is 12.5 Å². The summed E-state index contributed by atoms with van der Waals surface area (Å²) in [7, 11) is 0. The Hall–Kier alpha value is -1.81. The molecule has 0 amide bonds. The van der Waals surface area contributed by atoms with Crippen LogP contribution in [0.5, 0.6) is 0 Å². The van der Waals surface area contributed by atoms with Crippen LogP contribution in [0.1, 0.15) is 6.23 Å². The van der Waals surface area contributed by atoms with E-state index < -0.39 is 31.1 Å². The van der Waals surface area contributed by atoms with Crippen molar-refractivity contribution in [3.8, 4) is 11.4 Å². The van der Waals surface area contributed by atoms with Crippen LogP contribution in [0.4, 0.5) is 5.82 Å². The summed E-state index contributed by atoms with van der Waals surface area (Å²) in [5.41, 5.74) is 6.70. The van der Waals surface area contributed by atoms with Crippen molar-refractivity contribution in [2.24, 2.45) is 0 Å². The van der Waals surface area contributed by atoms with Crippen LogP contribution >= 0.6 is 0 Å². The van der Waals surface area contributed by atoms with Crippen molar-refractivity contribution >= 4 is 5.82 Å². The Labute approximate surface area is 107 Å². The number of anilines is 1. The molecule has 19 heavy (non-hydrogen) atoms. The van der Waals surface area contributed by atoms with E-state index in [9.17, 15) is 10.2 Å². The highest BCUT2D eigenvalue weighted by Crippen LogP contribution is 2.31. The van der Waals surface area contributed by atoms with Gasteiger partial charge < -0.3 is 25.8 Å². The van der Waals surface area contributed by atoms with Gasteiger partial charge in [0.1, 0.15) is 36.0 Å². The number of aliphatic hydroxyl groups excluding tert-OH is 3. The molecule has 4 atom stereocenters. The molecule has 0 saturated carbocycles. The number of fused-ring (bicyclic) bond motifs is 1. The maximum atomic E-state index is 9.90. The number of hydrogen-bond donors (Lipinski definition) is 4. The normalized spacial score (nSPS) is 31.1. The lowest BCUT2D eigenvalue weighted by atomic mass is 10.1. The van der Waals surface area contributed by atoms with Gasteiger partial charge in [0.15, 0.2) is 12.0 Å². The summed E-state index contributed by atoms with van der Waals surface area (Å²) >= 11 is 0. The van der Waals surface area contributed by atoms with Crippen LogP contribution in [-0.2, 0) is 4.74 Å². The zero-order valence-corrected chi connectivity index (χ0v) is 9.79. The smallest absolute Gasteiger partial charge is 0.179 e. The molecule has 9 nitrogen and oxygen atoms in total. The predicted octanol–water partition coefficient (Wildman–Crippen LogP) is -2.03. The van der Waals surface area contributed by atoms with Gasteiger partial charge in [-0.25, -0.2) is 14.6 Å². The van der Waals surface area contributed by atoms with E-state index >= 15 is 0 Å². The lowest BCUT2D eigenvalue weighted by Gasteiger charge is -2.18. The SMILES string of the molecule is Nc1nn([C@@H]2O[C@H](CO)[C@@H](O)[C@H]2O)cc2ncnc1-2. The molecule has 9 heteroatoms. The van der Waals surface area contributed by atoms with Crippen molar-refractivity contribution < 1.29 is 20.1 Å². The molecule has 0 spiro atoms. The van der Waals surface area contributed by atoms with Gasteiger partial charge in [-0.3, -0.25) is 0 Å². The van der Waals surface area contributed by atoms with E-state index in [1.807, 2.05) is 0 Å². The average molecular weight is 267 g/mol. The fourth-order valence-electron chi connectivity index (χ4n) is 2.12. The molecule has 102 valence electrons. The molecule has 0 aromatic carbocycles. The maximum Gasteiger partial charge on any atom is 0.179 e. The summed E-state index contributed by atoms with van der Waals surface area (Å²) < 4.78 is 6.62. The molecule has 0 aliphatic carbocycles. The third kappa shape index (κ3) is 1.83. The molecule has 0 radical (unpaired) electrons. The Bertz CT molecular complexity index is 561. The van der Waals surface area contributed by atoms with Gasteiger partial charge in [0, 0.05) is 0 Å². The summed E-state index contributed by atoms with van der Waals surface area (Å²) in [5, 5.41) is 32.7. The first-order valence-corrected chi connectivity index (χ1v) is 5.69. The van der Waals surface area contributed by atoms with E-state index in [0.29, 0.717) is 11.4 Å². The summed E-state index contributed by atoms with van der Waals surface area (Å²) in [6, 6.07) is 0. The zero-order valence-electron chi connectivity index (χ0n) is 9.79. The first kappa shape index (κ1) is 12.2. The first-order valence-electron chi connectivity index (χ1n) is 5.69. The van der Waals surface area contributed by atoms with Crippen LogP contribution in [0.3, 0.4) is 0 Å².